The molecule has 3 aromatic heterocycles. The molecule has 0 aliphatic carbocycles. The molecule has 7 nitrogen and oxygen atoms in total. The maximum atomic E-state index is 13.5. The van der Waals surface area contributed by atoms with Gasteiger partial charge in [-0.05, 0) is 45.9 Å². The Kier molecular flexibility index (Phi) is 5.23. The second-order valence-electron chi connectivity index (χ2n) is 7.77. The molecular weight excluding hydrogens is 421 g/mol. The zero-order valence-electron chi connectivity index (χ0n) is 17.9. The second-order valence-corrected chi connectivity index (χ2v) is 7.77. The Labute approximate surface area is 181 Å². The van der Waals surface area contributed by atoms with Crippen molar-refractivity contribution in [2.75, 3.05) is 5.32 Å². The number of benzene rings is 1. The van der Waals surface area contributed by atoms with E-state index in [9.17, 15) is 18.0 Å². The van der Waals surface area contributed by atoms with Gasteiger partial charge in [0.25, 0.3) is 5.91 Å². The quantitative estimate of drug-likeness (QED) is 0.478. The molecule has 3 heterocycles. The first-order valence-electron chi connectivity index (χ1n) is 9.95. The predicted molar refractivity (Wildman–Crippen MR) is 114 cm³/mol. The largest absolute Gasteiger partial charge is 0.418 e. The number of para-hydroxylation sites is 1. The molecule has 0 radical (unpaired) electrons. The number of hydrogen-bond donors (Lipinski definition) is 1. The van der Waals surface area contributed by atoms with Crippen LogP contribution in [0.1, 0.15) is 47.2 Å². The summed E-state index contributed by atoms with van der Waals surface area (Å²) in [5.41, 5.74) is 0.881. The highest BCUT2D eigenvalue weighted by molar-refractivity contribution is 6.06. The third-order valence-electron chi connectivity index (χ3n) is 5.00. The zero-order chi connectivity index (χ0) is 23.2. The average molecular weight is 442 g/mol. The van der Waals surface area contributed by atoms with E-state index in [1.165, 1.54) is 24.3 Å². The Morgan fingerprint density at radius 3 is 2.53 bits per heavy atom. The minimum absolute atomic E-state index is 0.102. The van der Waals surface area contributed by atoms with Crippen LogP contribution in [0.15, 0.2) is 42.6 Å². The third kappa shape index (κ3) is 3.83. The van der Waals surface area contributed by atoms with Crippen molar-refractivity contribution in [3.8, 4) is 5.69 Å². The van der Waals surface area contributed by atoms with Gasteiger partial charge in [-0.2, -0.15) is 23.4 Å². The highest BCUT2D eigenvalue weighted by atomic mass is 19.4. The molecule has 0 fully saturated rings. The number of rotatable bonds is 4. The third-order valence-corrected chi connectivity index (χ3v) is 5.00. The van der Waals surface area contributed by atoms with Crippen molar-refractivity contribution >= 4 is 22.8 Å². The zero-order valence-corrected chi connectivity index (χ0v) is 17.9. The van der Waals surface area contributed by atoms with Crippen molar-refractivity contribution < 1.29 is 18.0 Å². The number of carbonyl (C=O) groups excluding carboxylic acids is 1. The maximum absolute atomic E-state index is 13.5. The number of alkyl halides is 3. The van der Waals surface area contributed by atoms with E-state index >= 15 is 0 Å². The molecule has 166 valence electrons. The predicted octanol–water partition coefficient (Wildman–Crippen LogP) is 5.09. The molecule has 1 aromatic carbocycles. The smallest absolute Gasteiger partial charge is 0.306 e. The minimum Gasteiger partial charge on any atom is -0.306 e. The van der Waals surface area contributed by atoms with Crippen LogP contribution >= 0.6 is 0 Å². The first-order chi connectivity index (χ1) is 15.1. The second kappa shape index (κ2) is 7.77. The van der Waals surface area contributed by atoms with E-state index in [2.05, 4.69) is 20.5 Å². The summed E-state index contributed by atoms with van der Waals surface area (Å²) in [4.78, 5) is 17.6. The van der Waals surface area contributed by atoms with Crippen LogP contribution in [-0.2, 0) is 6.18 Å². The van der Waals surface area contributed by atoms with Crippen molar-refractivity contribution in [3.63, 3.8) is 0 Å². The number of amides is 1. The standard InChI is InChI=1S/C22H21F3N6O/c1-12(2)30-20-15(11-26-30)10-16(14(4)27-20)21(32)28-19-9-13(3)29-31(19)18-8-6-5-7-17(18)22(23,24)25/h5-12H,1-4H3,(H,28,32). The summed E-state index contributed by atoms with van der Waals surface area (Å²) in [5, 5.41) is 11.9. The van der Waals surface area contributed by atoms with Crippen molar-refractivity contribution in [3.05, 3.63) is 65.1 Å². The number of nitrogens with one attached hydrogen (secondary N) is 1. The van der Waals surface area contributed by atoms with Crippen LogP contribution in [0.5, 0.6) is 0 Å². The molecule has 1 N–H and O–H groups in total. The molecule has 0 unspecified atom stereocenters. The molecule has 0 aliphatic rings. The highest BCUT2D eigenvalue weighted by Gasteiger charge is 2.34. The lowest BCUT2D eigenvalue weighted by Crippen LogP contribution is -2.18. The molecule has 10 heteroatoms. The molecule has 0 spiro atoms. The van der Waals surface area contributed by atoms with Gasteiger partial charge in [-0.1, -0.05) is 12.1 Å². The minimum atomic E-state index is -4.57. The number of aromatic nitrogens is 5. The van der Waals surface area contributed by atoms with E-state index in [4.69, 9.17) is 0 Å². The van der Waals surface area contributed by atoms with Gasteiger partial charge < -0.3 is 5.32 Å². The number of anilines is 1. The summed E-state index contributed by atoms with van der Waals surface area (Å²) in [7, 11) is 0. The summed E-state index contributed by atoms with van der Waals surface area (Å²) < 4.78 is 43.4. The first-order valence-corrected chi connectivity index (χ1v) is 9.95. The summed E-state index contributed by atoms with van der Waals surface area (Å²) in [6.07, 6.45) is -2.94. The van der Waals surface area contributed by atoms with E-state index in [1.807, 2.05) is 13.8 Å². The van der Waals surface area contributed by atoms with Crippen LogP contribution in [0.3, 0.4) is 0 Å². The normalized spacial score (nSPS) is 12.0. The molecule has 4 aromatic rings. The number of carbonyl (C=O) groups is 1. The molecule has 1 amide bonds. The number of pyridine rings is 1. The van der Waals surface area contributed by atoms with Crippen molar-refractivity contribution in [1.82, 2.24) is 24.5 Å². The molecule has 32 heavy (non-hydrogen) atoms. The van der Waals surface area contributed by atoms with Gasteiger partial charge in [-0.15, -0.1) is 0 Å². The van der Waals surface area contributed by atoms with Crippen LogP contribution in [0.2, 0.25) is 0 Å². The fourth-order valence-electron chi connectivity index (χ4n) is 3.53. The SMILES string of the molecule is Cc1cc(NC(=O)c2cc3cnn(C(C)C)c3nc2C)n(-c2ccccc2C(F)(F)F)n1. The fourth-order valence-corrected chi connectivity index (χ4v) is 3.53. The maximum Gasteiger partial charge on any atom is 0.418 e. The Morgan fingerprint density at radius 1 is 1.12 bits per heavy atom. The monoisotopic (exact) mass is 442 g/mol. The average Bonchev–Trinajstić information content (AvgIpc) is 3.29. The van der Waals surface area contributed by atoms with Gasteiger partial charge in [-0.25, -0.2) is 14.3 Å². The Balaban J connectivity index is 1.73. The highest BCUT2D eigenvalue weighted by Crippen LogP contribution is 2.34. The number of hydrogen-bond acceptors (Lipinski definition) is 4. The first kappa shape index (κ1) is 21.5. The van der Waals surface area contributed by atoms with Gasteiger partial charge in [0.2, 0.25) is 0 Å². The van der Waals surface area contributed by atoms with Gasteiger partial charge in [-0.3, -0.25) is 4.79 Å². The summed E-state index contributed by atoms with van der Waals surface area (Å²) in [6.45, 7) is 7.30. The van der Waals surface area contributed by atoms with Crippen LogP contribution in [0.25, 0.3) is 16.7 Å². The van der Waals surface area contributed by atoms with Crippen LogP contribution in [0, 0.1) is 13.8 Å². The summed E-state index contributed by atoms with van der Waals surface area (Å²) >= 11 is 0. The van der Waals surface area contributed by atoms with E-state index < -0.39 is 17.6 Å². The lowest BCUT2D eigenvalue weighted by atomic mass is 10.1. The number of nitrogens with zero attached hydrogens (tertiary/aromatic N) is 5. The number of aryl methyl sites for hydroxylation is 2. The Bertz CT molecular complexity index is 1320. The van der Waals surface area contributed by atoms with Crippen molar-refractivity contribution in [2.24, 2.45) is 0 Å². The summed E-state index contributed by atoms with van der Waals surface area (Å²) in [5.74, 6) is -0.374. The summed E-state index contributed by atoms with van der Waals surface area (Å²) in [6, 6.07) is 8.38. The molecule has 0 saturated heterocycles. The lowest BCUT2D eigenvalue weighted by Gasteiger charge is -2.15. The van der Waals surface area contributed by atoms with E-state index in [1.54, 1.807) is 30.8 Å². The van der Waals surface area contributed by atoms with E-state index in [0.29, 0.717) is 28.0 Å². The molecule has 0 atom stereocenters. The van der Waals surface area contributed by atoms with Gasteiger partial charge in [0.1, 0.15) is 5.82 Å². The Morgan fingerprint density at radius 2 is 1.84 bits per heavy atom. The van der Waals surface area contributed by atoms with Crippen molar-refractivity contribution in [1.29, 1.82) is 0 Å². The number of fused-ring (bicyclic) bond motifs is 1. The Hall–Kier alpha value is -3.69. The molecule has 0 saturated carbocycles. The van der Waals surface area contributed by atoms with Gasteiger partial charge in [0.15, 0.2) is 5.65 Å². The van der Waals surface area contributed by atoms with Crippen LogP contribution in [-0.4, -0.2) is 30.5 Å². The van der Waals surface area contributed by atoms with Gasteiger partial charge in [0.05, 0.1) is 34.4 Å². The van der Waals surface area contributed by atoms with Gasteiger partial charge >= 0.3 is 6.18 Å². The van der Waals surface area contributed by atoms with Crippen LogP contribution in [0.4, 0.5) is 19.0 Å². The molecule has 0 aliphatic heterocycles. The van der Waals surface area contributed by atoms with E-state index in [-0.39, 0.29) is 17.5 Å². The van der Waals surface area contributed by atoms with Gasteiger partial charge in [0, 0.05) is 17.5 Å². The lowest BCUT2D eigenvalue weighted by molar-refractivity contribution is -0.137. The van der Waals surface area contributed by atoms with Crippen molar-refractivity contribution in [2.45, 2.75) is 39.9 Å². The topological polar surface area (TPSA) is 77.6 Å². The molecule has 0 bridgehead atoms. The molecular formula is C22H21F3N6O. The number of halogens is 3. The van der Waals surface area contributed by atoms with Crippen LogP contribution < -0.4 is 5.32 Å². The van der Waals surface area contributed by atoms with E-state index in [0.717, 1.165) is 10.7 Å². The molecule has 4 rings (SSSR count). The fraction of sp³-hybridized carbons (Fsp3) is 0.273.